The zero-order valence-corrected chi connectivity index (χ0v) is 19.0. The number of carboxylic acid groups (broad SMARTS) is 1. The maximum absolute atomic E-state index is 14.1. The zero-order chi connectivity index (χ0) is 25.4. The number of morpholine rings is 1. The van der Waals surface area contributed by atoms with Gasteiger partial charge in [-0.25, -0.2) is 14.8 Å². The van der Waals surface area contributed by atoms with Crippen LogP contribution in [0, 0.1) is 0 Å². The lowest BCUT2D eigenvalue weighted by Gasteiger charge is -2.28. The molecule has 0 unspecified atom stereocenters. The second kappa shape index (κ2) is 9.15. The van der Waals surface area contributed by atoms with E-state index < -0.39 is 17.7 Å². The molecule has 4 N–H and O–H groups in total. The van der Waals surface area contributed by atoms with Crippen molar-refractivity contribution in [3.8, 4) is 11.4 Å². The molecule has 0 radical (unpaired) electrons. The van der Waals surface area contributed by atoms with Gasteiger partial charge in [0.2, 0.25) is 0 Å². The third kappa shape index (κ3) is 4.57. The highest BCUT2D eigenvalue weighted by atomic mass is 19.4. The monoisotopic (exact) mass is 497 g/mol. The largest absolute Gasteiger partial charge is 0.478 e. The van der Waals surface area contributed by atoms with E-state index in [-0.39, 0.29) is 34.7 Å². The van der Waals surface area contributed by atoms with Gasteiger partial charge in [-0.05, 0) is 35.4 Å². The van der Waals surface area contributed by atoms with Crippen LogP contribution in [0.4, 0.5) is 24.8 Å². The minimum absolute atomic E-state index is 0.0615. The smallest absolute Gasteiger partial charge is 0.417 e. The van der Waals surface area contributed by atoms with E-state index in [0.717, 1.165) is 6.07 Å². The van der Waals surface area contributed by atoms with Crippen LogP contribution >= 0.6 is 0 Å². The van der Waals surface area contributed by atoms with Crippen molar-refractivity contribution < 1.29 is 27.8 Å². The number of benzene rings is 2. The quantitative estimate of drug-likeness (QED) is 0.375. The number of fused-ring (bicyclic) bond motifs is 1. The van der Waals surface area contributed by atoms with Crippen molar-refractivity contribution in [3.63, 3.8) is 0 Å². The summed E-state index contributed by atoms with van der Waals surface area (Å²) in [4.78, 5) is 25.0. The van der Waals surface area contributed by atoms with Crippen molar-refractivity contribution in [2.75, 3.05) is 36.9 Å². The molecule has 186 valence electrons. The summed E-state index contributed by atoms with van der Waals surface area (Å²) in [6.07, 6.45) is -4.50. The van der Waals surface area contributed by atoms with E-state index >= 15 is 0 Å². The highest BCUT2D eigenvalue weighted by Gasteiger charge is 2.35. The van der Waals surface area contributed by atoms with Crippen LogP contribution in [0.15, 0.2) is 48.5 Å². The Morgan fingerprint density at radius 2 is 1.89 bits per heavy atom. The average Bonchev–Trinajstić information content (AvgIpc) is 3.29. The summed E-state index contributed by atoms with van der Waals surface area (Å²) < 4.78 is 47.5. The molecule has 0 spiro atoms. The fraction of sp³-hybridized carbons (Fsp3) is 0.240. The van der Waals surface area contributed by atoms with Crippen molar-refractivity contribution in [1.82, 2.24) is 15.0 Å². The number of aromatic nitrogens is 3. The number of hydrogen-bond acceptors (Lipinski definition) is 6. The number of carboxylic acids is 1. The van der Waals surface area contributed by atoms with Crippen LogP contribution in [0.25, 0.3) is 22.4 Å². The third-order valence-electron chi connectivity index (χ3n) is 6.11. The Morgan fingerprint density at radius 3 is 2.58 bits per heavy atom. The molecule has 8 nitrogen and oxygen atoms in total. The number of pyridine rings is 1. The Morgan fingerprint density at radius 1 is 1.11 bits per heavy atom. The van der Waals surface area contributed by atoms with Crippen molar-refractivity contribution in [1.29, 1.82) is 0 Å². The van der Waals surface area contributed by atoms with Crippen LogP contribution in [0.2, 0.25) is 0 Å². The van der Waals surface area contributed by atoms with Gasteiger partial charge in [0.05, 0.1) is 29.9 Å². The molecule has 0 saturated carbocycles. The molecule has 4 aromatic rings. The number of aromatic carboxylic acids is 1. The van der Waals surface area contributed by atoms with E-state index in [0.29, 0.717) is 48.8 Å². The molecule has 0 atom stereocenters. The number of rotatable bonds is 5. The van der Waals surface area contributed by atoms with E-state index in [2.05, 4.69) is 15.0 Å². The number of anilines is 2. The highest BCUT2D eigenvalue weighted by Crippen LogP contribution is 2.38. The van der Waals surface area contributed by atoms with Crippen LogP contribution in [-0.2, 0) is 17.3 Å². The molecule has 2 aromatic carbocycles. The number of ether oxygens (including phenoxy) is 1. The molecule has 3 heterocycles. The average molecular weight is 497 g/mol. The first kappa shape index (κ1) is 23.6. The van der Waals surface area contributed by atoms with Gasteiger partial charge in [0.1, 0.15) is 23.0 Å². The van der Waals surface area contributed by atoms with Gasteiger partial charge >= 0.3 is 12.1 Å². The van der Waals surface area contributed by atoms with Gasteiger partial charge in [0.25, 0.3) is 0 Å². The van der Waals surface area contributed by atoms with Crippen LogP contribution in [0.5, 0.6) is 0 Å². The molecule has 1 aliphatic rings. The van der Waals surface area contributed by atoms with Crippen LogP contribution < -0.4 is 10.6 Å². The summed E-state index contributed by atoms with van der Waals surface area (Å²) in [5.41, 5.74) is 6.44. The van der Waals surface area contributed by atoms with Crippen LogP contribution in [-0.4, -0.2) is 52.3 Å². The minimum atomic E-state index is -4.66. The summed E-state index contributed by atoms with van der Waals surface area (Å²) in [5.74, 6) is -0.309. The second-order valence-electron chi connectivity index (χ2n) is 8.46. The lowest BCUT2D eigenvalue weighted by molar-refractivity contribution is -0.137. The summed E-state index contributed by atoms with van der Waals surface area (Å²) in [7, 11) is 0. The lowest BCUT2D eigenvalue weighted by atomic mass is 9.98. The molecule has 0 bridgehead atoms. The first-order valence-electron chi connectivity index (χ1n) is 11.2. The van der Waals surface area contributed by atoms with Gasteiger partial charge in [-0.3, -0.25) is 0 Å². The van der Waals surface area contributed by atoms with Crippen molar-refractivity contribution in [2.24, 2.45) is 0 Å². The normalized spacial score (nSPS) is 14.4. The standard InChI is InChI=1S/C25H22F3N5O3/c26-25(27,28)18-13-14(12-15-5-7-20(31-22(15)29)33-8-10-36-11-9-33)4-6-16(18)23-30-19-3-1-2-17(24(34)35)21(19)32-23/h1-7,13H,8-12H2,(H2,29,31)(H,30,32)(H,34,35). The Hall–Kier alpha value is -4.12. The number of para-hydroxylation sites is 1. The lowest BCUT2D eigenvalue weighted by Crippen LogP contribution is -2.36. The Balaban J connectivity index is 1.48. The van der Waals surface area contributed by atoms with Crippen LogP contribution in [0.3, 0.4) is 0 Å². The molecule has 5 rings (SSSR count). The zero-order valence-electron chi connectivity index (χ0n) is 19.0. The molecule has 1 saturated heterocycles. The number of alkyl halides is 3. The van der Waals surface area contributed by atoms with Gasteiger partial charge in [0, 0.05) is 25.1 Å². The third-order valence-corrected chi connectivity index (χ3v) is 6.11. The summed E-state index contributed by atoms with van der Waals surface area (Å²) in [6, 6.07) is 12.0. The second-order valence-corrected chi connectivity index (χ2v) is 8.46. The first-order valence-corrected chi connectivity index (χ1v) is 11.2. The first-order chi connectivity index (χ1) is 17.2. The van der Waals surface area contributed by atoms with Crippen molar-refractivity contribution in [3.05, 3.63) is 70.8 Å². The Bertz CT molecular complexity index is 1440. The number of nitrogens with one attached hydrogen (secondary N) is 1. The molecule has 2 aromatic heterocycles. The Kier molecular flexibility index (Phi) is 6.00. The summed E-state index contributed by atoms with van der Waals surface area (Å²) in [6.45, 7) is 2.58. The number of carbonyl (C=O) groups is 1. The summed E-state index contributed by atoms with van der Waals surface area (Å²) in [5, 5.41) is 9.38. The summed E-state index contributed by atoms with van der Waals surface area (Å²) >= 11 is 0. The minimum Gasteiger partial charge on any atom is -0.478 e. The SMILES string of the molecule is Nc1nc(N2CCOCC2)ccc1Cc1ccc(-c2nc3c(C(=O)O)cccc3[nH]2)c(C(F)(F)F)c1. The van der Waals surface area contributed by atoms with E-state index in [1.165, 1.54) is 18.2 Å². The molecular weight excluding hydrogens is 475 g/mol. The number of aromatic amines is 1. The molecule has 0 amide bonds. The molecule has 11 heteroatoms. The predicted molar refractivity (Wildman–Crippen MR) is 128 cm³/mol. The fourth-order valence-corrected chi connectivity index (χ4v) is 4.31. The number of nitrogen functional groups attached to an aromatic ring is 1. The van der Waals surface area contributed by atoms with Gasteiger partial charge < -0.3 is 25.5 Å². The van der Waals surface area contributed by atoms with Gasteiger partial charge in [0.15, 0.2) is 0 Å². The number of hydrogen-bond donors (Lipinski definition) is 3. The molecule has 36 heavy (non-hydrogen) atoms. The maximum atomic E-state index is 14.1. The highest BCUT2D eigenvalue weighted by molar-refractivity contribution is 6.01. The fourth-order valence-electron chi connectivity index (χ4n) is 4.31. The maximum Gasteiger partial charge on any atom is 0.417 e. The van der Waals surface area contributed by atoms with E-state index in [4.69, 9.17) is 10.5 Å². The predicted octanol–water partition coefficient (Wildman–Crippen LogP) is 4.35. The molecule has 1 aliphatic heterocycles. The number of H-pyrrole nitrogens is 1. The number of halogens is 3. The van der Waals surface area contributed by atoms with Gasteiger partial charge in [-0.15, -0.1) is 0 Å². The molecular formula is C25H22F3N5O3. The van der Waals surface area contributed by atoms with Gasteiger partial charge in [-0.2, -0.15) is 13.2 Å². The van der Waals surface area contributed by atoms with E-state index in [9.17, 15) is 23.1 Å². The number of imidazole rings is 1. The topological polar surface area (TPSA) is 117 Å². The van der Waals surface area contributed by atoms with Gasteiger partial charge in [-0.1, -0.05) is 24.3 Å². The Labute approximate surface area is 203 Å². The van der Waals surface area contributed by atoms with Crippen molar-refractivity contribution >= 4 is 28.6 Å². The number of nitrogens with two attached hydrogens (primary N) is 1. The number of nitrogens with zero attached hydrogens (tertiary/aromatic N) is 3. The molecule has 1 fully saturated rings. The van der Waals surface area contributed by atoms with E-state index in [1.807, 2.05) is 11.0 Å². The molecule has 0 aliphatic carbocycles. The van der Waals surface area contributed by atoms with Crippen molar-refractivity contribution in [2.45, 2.75) is 12.6 Å². The van der Waals surface area contributed by atoms with E-state index in [1.54, 1.807) is 18.2 Å². The van der Waals surface area contributed by atoms with Crippen LogP contribution in [0.1, 0.15) is 27.0 Å².